The summed E-state index contributed by atoms with van der Waals surface area (Å²) in [7, 11) is 0. The Balaban J connectivity index is 1.70. The number of hydrogen-bond acceptors (Lipinski definition) is 4. The third kappa shape index (κ3) is 4.20. The molecule has 1 aromatic carbocycles. The Morgan fingerprint density at radius 1 is 1.30 bits per heavy atom. The Labute approximate surface area is 136 Å². The summed E-state index contributed by atoms with van der Waals surface area (Å²) in [5, 5.41) is 6.89. The lowest BCUT2D eigenvalue weighted by Gasteiger charge is -2.41. The molecule has 2 atom stereocenters. The summed E-state index contributed by atoms with van der Waals surface area (Å²) in [6, 6.07) is 6.68. The summed E-state index contributed by atoms with van der Waals surface area (Å²) in [6.45, 7) is 5.29. The lowest BCUT2D eigenvalue weighted by atomic mass is 10.0. The van der Waals surface area contributed by atoms with Crippen LogP contribution in [0.1, 0.15) is 25.3 Å². The van der Waals surface area contributed by atoms with Crippen LogP contribution in [0, 0.1) is 11.7 Å². The molecule has 0 amide bonds. The fraction of sp³-hybridized carbons (Fsp3) is 0.556. The maximum Gasteiger partial charge on any atom is 0.147 e. The van der Waals surface area contributed by atoms with Gasteiger partial charge in [0.1, 0.15) is 17.5 Å². The third-order valence-corrected chi connectivity index (χ3v) is 4.70. The van der Waals surface area contributed by atoms with E-state index >= 15 is 0 Å². The van der Waals surface area contributed by atoms with Crippen LogP contribution < -0.4 is 10.6 Å². The number of hydrogen-bond donors (Lipinski definition) is 2. The van der Waals surface area contributed by atoms with Crippen molar-refractivity contribution in [2.24, 2.45) is 5.92 Å². The van der Waals surface area contributed by atoms with Gasteiger partial charge in [0, 0.05) is 19.6 Å². The van der Waals surface area contributed by atoms with E-state index in [-0.39, 0.29) is 17.9 Å². The quantitative estimate of drug-likeness (QED) is 0.784. The normalized spacial score (nSPS) is 24.6. The van der Waals surface area contributed by atoms with E-state index in [1.54, 1.807) is 12.1 Å². The van der Waals surface area contributed by atoms with Gasteiger partial charge in [0.15, 0.2) is 0 Å². The largest absolute Gasteiger partial charge is 0.355 e. The van der Waals surface area contributed by atoms with Gasteiger partial charge in [-0.1, -0.05) is 12.1 Å². The summed E-state index contributed by atoms with van der Waals surface area (Å²) in [4.78, 5) is 13.6. The van der Waals surface area contributed by atoms with Crippen molar-refractivity contribution < 1.29 is 9.18 Å². The summed E-state index contributed by atoms with van der Waals surface area (Å²) < 4.78 is 13.1. The van der Waals surface area contributed by atoms with Crippen LogP contribution in [-0.2, 0) is 11.3 Å². The molecule has 0 bridgehead atoms. The molecule has 2 N–H and O–H groups in total. The number of carbonyl (C=O) groups excluding carboxylic acids is 1. The smallest absolute Gasteiger partial charge is 0.147 e. The second-order valence-electron chi connectivity index (χ2n) is 6.63. The van der Waals surface area contributed by atoms with Crippen LogP contribution in [0.5, 0.6) is 0 Å². The lowest BCUT2D eigenvalue weighted by Crippen LogP contribution is -2.57. The zero-order valence-electron chi connectivity index (χ0n) is 13.5. The first kappa shape index (κ1) is 16.2. The first-order valence-corrected chi connectivity index (χ1v) is 8.37. The molecule has 124 valence electrons. The molecular formula is C18H24FN3O. The van der Waals surface area contributed by atoms with Crippen molar-refractivity contribution in [1.29, 1.82) is 0 Å². The standard InChI is InChI=1S/C18H24FN3O/c1-13-18(12-23)22(11-15-4-6-16(19)7-5-15)17(10-21-13)9-20-8-14-2-3-14/h4-7,13-14,17,20-21H,2-3,8-11H2,1H3. The van der Waals surface area contributed by atoms with Crippen molar-refractivity contribution in [3.05, 3.63) is 41.3 Å². The molecule has 1 saturated heterocycles. The molecule has 1 saturated carbocycles. The van der Waals surface area contributed by atoms with E-state index in [1.165, 1.54) is 25.0 Å². The Kier molecular flexibility index (Phi) is 5.11. The summed E-state index contributed by atoms with van der Waals surface area (Å²) in [6.07, 6.45) is 2.65. The van der Waals surface area contributed by atoms with Gasteiger partial charge in [-0.05, 0) is 49.9 Å². The third-order valence-electron chi connectivity index (χ3n) is 4.70. The van der Waals surface area contributed by atoms with Crippen molar-refractivity contribution >= 4 is 5.94 Å². The molecule has 4 nitrogen and oxygen atoms in total. The summed E-state index contributed by atoms with van der Waals surface area (Å²) >= 11 is 0. The molecule has 2 fully saturated rings. The number of halogens is 1. The predicted molar refractivity (Wildman–Crippen MR) is 88.0 cm³/mol. The SMILES string of the molecule is CC1NCC(CNCC2CC2)N(Cc2ccc(F)cc2)C1=C=O. The maximum atomic E-state index is 13.1. The molecule has 1 heterocycles. The van der Waals surface area contributed by atoms with E-state index in [0.29, 0.717) is 12.2 Å². The average Bonchev–Trinajstić information content (AvgIpc) is 3.36. The maximum absolute atomic E-state index is 13.1. The number of benzene rings is 1. The van der Waals surface area contributed by atoms with Crippen LogP contribution in [0.4, 0.5) is 4.39 Å². The molecule has 23 heavy (non-hydrogen) atoms. The number of piperazine rings is 1. The van der Waals surface area contributed by atoms with Crippen molar-refractivity contribution in [1.82, 2.24) is 15.5 Å². The molecule has 3 rings (SSSR count). The molecule has 2 aliphatic rings. The van der Waals surface area contributed by atoms with Crippen molar-refractivity contribution in [2.75, 3.05) is 19.6 Å². The molecule has 2 unspecified atom stereocenters. The monoisotopic (exact) mass is 317 g/mol. The first-order valence-electron chi connectivity index (χ1n) is 8.37. The fourth-order valence-corrected chi connectivity index (χ4v) is 3.07. The Hall–Kier alpha value is -1.68. The van der Waals surface area contributed by atoms with Crippen LogP contribution in [0.15, 0.2) is 30.0 Å². The van der Waals surface area contributed by atoms with Gasteiger partial charge in [-0.15, -0.1) is 0 Å². The minimum atomic E-state index is -0.240. The van der Waals surface area contributed by atoms with Gasteiger partial charge in [-0.25, -0.2) is 9.18 Å². The Bertz CT molecular complexity index is 578. The first-order chi connectivity index (χ1) is 11.2. The fourth-order valence-electron chi connectivity index (χ4n) is 3.07. The van der Waals surface area contributed by atoms with E-state index in [2.05, 4.69) is 21.5 Å². The minimum Gasteiger partial charge on any atom is -0.355 e. The molecule has 1 aromatic rings. The minimum absolute atomic E-state index is 0.00682. The highest BCUT2D eigenvalue weighted by Crippen LogP contribution is 2.27. The van der Waals surface area contributed by atoms with Crippen LogP contribution in [-0.4, -0.2) is 42.6 Å². The van der Waals surface area contributed by atoms with Gasteiger partial charge in [0.2, 0.25) is 0 Å². The van der Waals surface area contributed by atoms with E-state index < -0.39 is 0 Å². The zero-order chi connectivity index (χ0) is 16.2. The average molecular weight is 317 g/mol. The van der Waals surface area contributed by atoms with Gasteiger partial charge in [-0.2, -0.15) is 0 Å². The van der Waals surface area contributed by atoms with E-state index in [9.17, 15) is 9.18 Å². The van der Waals surface area contributed by atoms with Crippen LogP contribution >= 0.6 is 0 Å². The molecule has 5 heteroatoms. The Morgan fingerprint density at radius 3 is 2.70 bits per heavy atom. The van der Waals surface area contributed by atoms with E-state index in [4.69, 9.17) is 0 Å². The Morgan fingerprint density at radius 2 is 2.04 bits per heavy atom. The van der Waals surface area contributed by atoms with E-state index in [1.807, 2.05) is 6.92 Å². The highest BCUT2D eigenvalue weighted by atomic mass is 19.1. The summed E-state index contributed by atoms with van der Waals surface area (Å²) in [5.74, 6) is 2.70. The number of rotatable bonds is 6. The molecule has 1 aliphatic heterocycles. The highest BCUT2D eigenvalue weighted by molar-refractivity contribution is 5.54. The summed E-state index contributed by atoms with van der Waals surface area (Å²) in [5.41, 5.74) is 1.65. The van der Waals surface area contributed by atoms with Crippen LogP contribution in [0.25, 0.3) is 0 Å². The van der Waals surface area contributed by atoms with E-state index in [0.717, 1.165) is 31.1 Å². The van der Waals surface area contributed by atoms with Crippen LogP contribution in [0.3, 0.4) is 0 Å². The predicted octanol–water partition coefficient (Wildman–Crippen LogP) is 1.70. The van der Waals surface area contributed by atoms with Crippen molar-refractivity contribution in [3.8, 4) is 0 Å². The van der Waals surface area contributed by atoms with Gasteiger partial charge in [0.05, 0.1) is 12.1 Å². The second kappa shape index (κ2) is 7.26. The highest BCUT2D eigenvalue weighted by Gasteiger charge is 2.31. The molecule has 0 spiro atoms. The second-order valence-corrected chi connectivity index (χ2v) is 6.63. The molecule has 0 radical (unpaired) electrons. The topological polar surface area (TPSA) is 44.4 Å². The lowest BCUT2D eigenvalue weighted by molar-refractivity contribution is 0.180. The van der Waals surface area contributed by atoms with Gasteiger partial charge >= 0.3 is 0 Å². The van der Waals surface area contributed by atoms with Crippen LogP contribution in [0.2, 0.25) is 0 Å². The zero-order valence-corrected chi connectivity index (χ0v) is 13.5. The van der Waals surface area contributed by atoms with Crippen molar-refractivity contribution in [3.63, 3.8) is 0 Å². The molecule has 1 aliphatic carbocycles. The van der Waals surface area contributed by atoms with Gasteiger partial charge in [0.25, 0.3) is 0 Å². The van der Waals surface area contributed by atoms with Gasteiger partial charge < -0.3 is 15.5 Å². The molecule has 0 aromatic heterocycles. The number of nitrogens with zero attached hydrogens (tertiary/aromatic N) is 1. The van der Waals surface area contributed by atoms with Crippen molar-refractivity contribution in [2.45, 2.75) is 38.4 Å². The number of nitrogens with one attached hydrogen (secondary N) is 2. The van der Waals surface area contributed by atoms with Gasteiger partial charge in [-0.3, -0.25) is 0 Å². The molecular weight excluding hydrogens is 293 g/mol.